The molecule has 0 aliphatic heterocycles. The average Bonchev–Trinajstić information content (AvgIpc) is 2.15. The van der Waals surface area contributed by atoms with Gasteiger partial charge in [0.1, 0.15) is 16.2 Å². The Morgan fingerprint density at radius 1 is 1.35 bits per heavy atom. The van der Waals surface area contributed by atoms with Crippen LogP contribution < -0.4 is 0 Å². The summed E-state index contributed by atoms with van der Waals surface area (Å²) in [5, 5.41) is 18.8. The molecule has 17 heavy (non-hydrogen) atoms. The van der Waals surface area contributed by atoms with Gasteiger partial charge < -0.3 is 14.9 Å². The van der Waals surface area contributed by atoms with Crippen molar-refractivity contribution >= 4 is 16.1 Å². The Morgan fingerprint density at radius 3 is 2.41 bits per heavy atom. The van der Waals surface area contributed by atoms with E-state index in [1.54, 1.807) is 0 Å². The van der Waals surface area contributed by atoms with Crippen LogP contribution in [0.5, 0.6) is 11.5 Å². The lowest BCUT2D eigenvalue weighted by Gasteiger charge is -2.08. The summed E-state index contributed by atoms with van der Waals surface area (Å²) in [4.78, 5) is 10.5. The van der Waals surface area contributed by atoms with E-state index in [9.17, 15) is 23.4 Å². The maximum atomic E-state index is 11.3. The third-order valence-electron chi connectivity index (χ3n) is 1.88. The van der Waals surface area contributed by atoms with Crippen LogP contribution in [0.4, 0.5) is 0 Å². The minimum Gasteiger partial charge on any atom is -0.507 e. The first-order valence-corrected chi connectivity index (χ1v) is 5.92. The minimum absolute atomic E-state index is 0.0200. The van der Waals surface area contributed by atoms with Crippen molar-refractivity contribution in [3.8, 4) is 11.5 Å². The smallest absolute Gasteiger partial charge is 0.345 e. The van der Waals surface area contributed by atoms with E-state index in [1.807, 2.05) is 0 Å². The van der Waals surface area contributed by atoms with E-state index in [-0.39, 0.29) is 6.61 Å². The van der Waals surface area contributed by atoms with Gasteiger partial charge in [0.2, 0.25) is 0 Å². The molecule has 0 atom stereocenters. The molecule has 1 rings (SSSR count). The van der Waals surface area contributed by atoms with Gasteiger partial charge in [0, 0.05) is 0 Å². The first kappa shape index (κ1) is 13.3. The molecular formula is C9H10O7S. The molecular weight excluding hydrogens is 252 g/mol. The summed E-state index contributed by atoms with van der Waals surface area (Å²) in [6.07, 6.45) is 0. The fourth-order valence-corrected chi connectivity index (χ4v) is 1.76. The van der Waals surface area contributed by atoms with Gasteiger partial charge in [0.25, 0.3) is 10.1 Å². The number of rotatable bonds is 3. The molecule has 8 heteroatoms. The Balaban J connectivity index is 3.46. The van der Waals surface area contributed by atoms with Gasteiger partial charge >= 0.3 is 5.97 Å². The number of hydrogen-bond donors (Lipinski definition) is 3. The molecule has 0 unspecified atom stereocenters. The number of carbonyl (C=O) groups excluding carboxylic acids is 1. The predicted molar refractivity (Wildman–Crippen MR) is 55.5 cm³/mol. The first-order chi connectivity index (χ1) is 7.79. The topological polar surface area (TPSA) is 121 Å². The molecule has 7 nitrogen and oxygen atoms in total. The van der Waals surface area contributed by atoms with E-state index in [4.69, 9.17) is 4.55 Å². The van der Waals surface area contributed by atoms with Crippen molar-refractivity contribution in [1.29, 1.82) is 0 Å². The third kappa shape index (κ3) is 2.66. The maximum absolute atomic E-state index is 11.3. The quantitative estimate of drug-likeness (QED) is 0.536. The summed E-state index contributed by atoms with van der Waals surface area (Å²) in [7, 11) is -4.69. The van der Waals surface area contributed by atoms with Crippen LogP contribution in [0.1, 0.15) is 17.3 Å². The highest BCUT2D eigenvalue weighted by Crippen LogP contribution is 2.33. The normalized spacial score (nSPS) is 11.2. The van der Waals surface area contributed by atoms with E-state index in [0.29, 0.717) is 0 Å². The molecule has 0 heterocycles. The molecule has 0 bridgehead atoms. The van der Waals surface area contributed by atoms with Crippen molar-refractivity contribution in [3.63, 3.8) is 0 Å². The molecule has 0 amide bonds. The molecule has 1 aromatic rings. The molecule has 0 saturated heterocycles. The molecule has 1 aromatic carbocycles. The Labute approximate surface area is 97.0 Å². The molecule has 0 spiro atoms. The van der Waals surface area contributed by atoms with E-state index in [1.165, 1.54) is 6.92 Å². The third-order valence-corrected chi connectivity index (χ3v) is 2.76. The van der Waals surface area contributed by atoms with Crippen molar-refractivity contribution in [1.82, 2.24) is 0 Å². The monoisotopic (exact) mass is 262 g/mol. The number of carbonyl (C=O) groups is 1. The van der Waals surface area contributed by atoms with Crippen LogP contribution in [0.25, 0.3) is 0 Å². The van der Waals surface area contributed by atoms with Crippen LogP contribution in [0.2, 0.25) is 0 Å². The first-order valence-electron chi connectivity index (χ1n) is 4.48. The van der Waals surface area contributed by atoms with Crippen LogP contribution in [0.15, 0.2) is 17.0 Å². The molecule has 0 aliphatic carbocycles. The van der Waals surface area contributed by atoms with Gasteiger partial charge in [-0.25, -0.2) is 4.79 Å². The van der Waals surface area contributed by atoms with Crippen molar-refractivity contribution in [3.05, 3.63) is 17.7 Å². The molecule has 0 saturated carbocycles. The summed E-state index contributed by atoms with van der Waals surface area (Å²) in [5.74, 6) is -2.78. The highest BCUT2D eigenvalue weighted by Gasteiger charge is 2.25. The van der Waals surface area contributed by atoms with Crippen LogP contribution in [-0.4, -0.2) is 35.8 Å². The van der Waals surface area contributed by atoms with Gasteiger partial charge in [0.15, 0.2) is 5.75 Å². The predicted octanol–water partition coefficient (Wildman–Crippen LogP) is 0.521. The van der Waals surface area contributed by atoms with Gasteiger partial charge in [0.05, 0.1) is 6.61 Å². The van der Waals surface area contributed by atoms with Gasteiger partial charge in [-0.1, -0.05) is 0 Å². The molecule has 0 radical (unpaired) electrons. The van der Waals surface area contributed by atoms with Gasteiger partial charge in [-0.15, -0.1) is 0 Å². The molecule has 0 fully saturated rings. The highest BCUT2D eigenvalue weighted by molar-refractivity contribution is 7.86. The van der Waals surface area contributed by atoms with Crippen LogP contribution >= 0.6 is 0 Å². The number of phenols is 2. The molecule has 0 aromatic heterocycles. The minimum atomic E-state index is -4.69. The standard InChI is InChI=1S/C9H10O7S/c1-2-16-9(12)7-5(10)3-4-6(8(7)11)17(13,14)15/h3-4,10-11H,2H2,1H3,(H,13,14,15). The Kier molecular flexibility index (Phi) is 3.59. The zero-order chi connectivity index (χ0) is 13.2. The fourth-order valence-electron chi connectivity index (χ4n) is 1.17. The van der Waals surface area contributed by atoms with Gasteiger partial charge in [-0.2, -0.15) is 8.42 Å². The summed E-state index contributed by atoms with van der Waals surface area (Å²) in [5.41, 5.74) is -0.707. The van der Waals surface area contributed by atoms with Crippen LogP contribution in [-0.2, 0) is 14.9 Å². The van der Waals surface area contributed by atoms with Crippen LogP contribution in [0, 0.1) is 0 Å². The fraction of sp³-hybridized carbons (Fsp3) is 0.222. The Morgan fingerprint density at radius 2 is 1.94 bits per heavy atom. The lowest BCUT2D eigenvalue weighted by atomic mass is 10.2. The SMILES string of the molecule is CCOC(=O)c1c(O)ccc(S(=O)(=O)O)c1O. The van der Waals surface area contributed by atoms with Crippen molar-refractivity contribution in [2.24, 2.45) is 0 Å². The summed E-state index contributed by atoms with van der Waals surface area (Å²) in [6, 6.07) is 1.62. The Hall–Kier alpha value is -1.80. The number of hydrogen-bond acceptors (Lipinski definition) is 6. The molecule has 3 N–H and O–H groups in total. The average molecular weight is 262 g/mol. The van der Waals surface area contributed by atoms with Crippen molar-refractivity contribution in [2.75, 3.05) is 6.61 Å². The lowest BCUT2D eigenvalue weighted by Crippen LogP contribution is -2.08. The summed E-state index contributed by atoms with van der Waals surface area (Å²) in [6.45, 7) is 1.48. The number of ether oxygens (including phenoxy) is 1. The number of benzene rings is 1. The van der Waals surface area contributed by atoms with Crippen LogP contribution in [0.3, 0.4) is 0 Å². The zero-order valence-electron chi connectivity index (χ0n) is 8.74. The zero-order valence-corrected chi connectivity index (χ0v) is 9.56. The Bertz CT molecular complexity index is 547. The highest BCUT2D eigenvalue weighted by atomic mass is 32.2. The number of aromatic hydroxyl groups is 2. The van der Waals surface area contributed by atoms with E-state index in [2.05, 4.69) is 4.74 Å². The molecule has 94 valence electrons. The number of esters is 1. The second-order valence-electron chi connectivity index (χ2n) is 3.00. The second kappa shape index (κ2) is 4.60. The summed E-state index contributed by atoms with van der Waals surface area (Å²) < 4.78 is 35.0. The van der Waals surface area contributed by atoms with Gasteiger partial charge in [-0.05, 0) is 19.1 Å². The summed E-state index contributed by atoms with van der Waals surface area (Å²) >= 11 is 0. The van der Waals surface area contributed by atoms with E-state index < -0.39 is 38.0 Å². The number of phenolic OH excluding ortho intramolecular Hbond substituents is 2. The second-order valence-corrected chi connectivity index (χ2v) is 4.39. The van der Waals surface area contributed by atoms with Crippen molar-refractivity contribution < 1.29 is 32.7 Å². The van der Waals surface area contributed by atoms with E-state index >= 15 is 0 Å². The molecule has 0 aliphatic rings. The van der Waals surface area contributed by atoms with E-state index in [0.717, 1.165) is 12.1 Å². The van der Waals surface area contributed by atoms with Crippen molar-refractivity contribution in [2.45, 2.75) is 11.8 Å². The van der Waals surface area contributed by atoms with Gasteiger partial charge in [-0.3, -0.25) is 4.55 Å². The lowest BCUT2D eigenvalue weighted by molar-refractivity contribution is 0.0519. The largest absolute Gasteiger partial charge is 0.507 e. The maximum Gasteiger partial charge on any atom is 0.345 e.